The Kier molecular flexibility index (Phi) is 10.0. The lowest BCUT2D eigenvalue weighted by Gasteiger charge is -2.17. The van der Waals surface area contributed by atoms with Gasteiger partial charge in [-0.3, -0.25) is 14.5 Å². The van der Waals surface area contributed by atoms with Crippen LogP contribution < -0.4 is 5.32 Å². The van der Waals surface area contributed by atoms with E-state index in [0.717, 1.165) is 5.56 Å². The summed E-state index contributed by atoms with van der Waals surface area (Å²) in [5.74, 6) is -1.56. The third kappa shape index (κ3) is 6.87. The van der Waals surface area contributed by atoms with E-state index in [0.29, 0.717) is 38.3 Å². The number of hydrogen-bond acceptors (Lipinski definition) is 4. The molecule has 6 nitrogen and oxygen atoms in total. The summed E-state index contributed by atoms with van der Waals surface area (Å²) in [6.07, 6.45) is 5.23. The fourth-order valence-corrected chi connectivity index (χ4v) is 4.07. The predicted octanol–water partition coefficient (Wildman–Crippen LogP) is 3.61. The Labute approximate surface area is 205 Å². The molecule has 0 radical (unpaired) electrons. The number of Topliss-reactive ketones (excluding diaryl/α,β-unsaturated/α-hetero) is 1. The van der Waals surface area contributed by atoms with Crippen molar-refractivity contribution in [2.24, 2.45) is 11.8 Å². The number of ketones is 1. The summed E-state index contributed by atoms with van der Waals surface area (Å²) < 4.78 is 15.2. The van der Waals surface area contributed by atoms with E-state index < -0.39 is 11.8 Å². The highest BCUT2D eigenvalue weighted by Crippen LogP contribution is 2.28. The minimum atomic E-state index is -0.470. The molecule has 0 spiro atoms. The van der Waals surface area contributed by atoms with Gasteiger partial charge in [0.25, 0.3) is 0 Å². The minimum Gasteiger partial charge on any atom is -0.354 e. The number of imidazole rings is 1. The number of aromatic nitrogens is 2. The van der Waals surface area contributed by atoms with Crippen LogP contribution >= 0.6 is 24.8 Å². The molecule has 2 atom stereocenters. The molecule has 2 heterocycles. The lowest BCUT2D eigenvalue weighted by atomic mass is 9.88. The van der Waals surface area contributed by atoms with Crippen molar-refractivity contribution in [1.29, 1.82) is 0 Å². The third-order valence-corrected chi connectivity index (χ3v) is 5.68. The fourth-order valence-electron chi connectivity index (χ4n) is 4.07. The summed E-state index contributed by atoms with van der Waals surface area (Å²) in [4.78, 5) is 32.3. The molecule has 33 heavy (non-hydrogen) atoms. The second kappa shape index (κ2) is 12.5. The molecule has 0 unspecified atom stereocenters. The Bertz CT molecular complexity index is 1020. The van der Waals surface area contributed by atoms with Crippen LogP contribution in [0.1, 0.15) is 15.9 Å². The van der Waals surface area contributed by atoms with Gasteiger partial charge in [-0.05, 0) is 29.8 Å². The van der Waals surface area contributed by atoms with Crippen molar-refractivity contribution in [1.82, 2.24) is 19.8 Å². The zero-order valence-corrected chi connectivity index (χ0v) is 19.6. The molecule has 1 N–H and O–H groups in total. The average molecular weight is 493 g/mol. The summed E-state index contributed by atoms with van der Waals surface area (Å²) >= 11 is 0. The number of nitrogens with zero attached hydrogens (tertiary/aromatic N) is 3. The number of halogens is 3. The molecule has 1 aromatic heterocycles. The van der Waals surface area contributed by atoms with E-state index in [-0.39, 0.29) is 42.3 Å². The number of benzene rings is 2. The molecule has 0 bridgehead atoms. The van der Waals surface area contributed by atoms with Crippen molar-refractivity contribution in [3.63, 3.8) is 0 Å². The number of carbonyl (C=O) groups is 2. The largest absolute Gasteiger partial charge is 0.354 e. The lowest BCUT2D eigenvalue weighted by Crippen LogP contribution is -2.38. The van der Waals surface area contributed by atoms with Crippen LogP contribution in [0, 0.1) is 17.7 Å². The Morgan fingerprint density at radius 3 is 2.36 bits per heavy atom. The van der Waals surface area contributed by atoms with Gasteiger partial charge in [0.1, 0.15) is 5.82 Å². The number of amides is 1. The van der Waals surface area contributed by atoms with Crippen LogP contribution in [0.2, 0.25) is 0 Å². The van der Waals surface area contributed by atoms with Crippen molar-refractivity contribution in [2.45, 2.75) is 13.1 Å². The molecule has 176 valence electrons. The van der Waals surface area contributed by atoms with Crippen molar-refractivity contribution in [2.75, 3.05) is 19.6 Å². The van der Waals surface area contributed by atoms with E-state index >= 15 is 0 Å². The van der Waals surface area contributed by atoms with Gasteiger partial charge in [-0.2, -0.15) is 0 Å². The van der Waals surface area contributed by atoms with Crippen LogP contribution in [0.5, 0.6) is 0 Å². The molecular weight excluding hydrogens is 466 g/mol. The highest BCUT2D eigenvalue weighted by Gasteiger charge is 2.41. The molecule has 4 rings (SSSR count). The van der Waals surface area contributed by atoms with Crippen LogP contribution in [-0.2, 0) is 17.9 Å². The SMILES string of the molecule is Cl.Cl.O=C(NCCn1ccnc1)[C@@H]1CN(Cc2ccccc2)C[C@H]1C(=O)c1ccc(F)cc1. The van der Waals surface area contributed by atoms with Crippen molar-refractivity contribution in [3.8, 4) is 0 Å². The van der Waals surface area contributed by atoms with Gasteiger partial charge in [0, 0.05) is 56.6 Å². The first-order valence-corrected chi connectivity index (χ1v) is 10.4. The zero-order valence-electron chi connectivity index (χ0n) is 18.0. The molecule has 0 aliphatic carbocycles. The van der Waals surface area contributed by atoms with Gasteiger partial charge in [-0.15, -0.1) is 24.8 Å². The van der Waals surface area contributed by atoms with E-state index in [1.54, 1.807) is 12.5 Å². The molecular formula is C24H27Cl2FN4O2. The summed E-state index contributed by atoms with van der Waals surface area (Å²) in [7, 11) is 0. The average Bonchev–Trinajstić information content (AvgIpc) is 3.45. The number of hydrogen-bond donors (Lipinski definition) is 1. The number of rotatable bonds is 8. The Morgan fingerprint density at radius 1 is 1.00 bits per heavy atom. The third-order valence-electron chi connectivity index (χ3n) is 5.68. The van der Waals surface area contributed by atoms with Gasteiger partial charge in [0.05, 0.1) is 12.2 Å². The number of carbonyl (C=O) groups excluding carboxylic acids is 2. The van der Waals surface area contributed by atoms with Gasteiger partial charge in [0.15, 0.2) is 5.78 Å². The van der Waals surface area contributed by atoms with Crippen LogP contribution in [0.15, 0.2) is 73.3 Å². The zero-order chi connectivity index (χ0) is 21.6. The van der Waals surface area contributed by atoms with Crippen molar-refractivity contribution < 1.29 is 14.0 Å². The van der Waals surface area contributed by atoms with Gasteiger partial charge < -0.3 is 9.88 Å². The Morgan fingerprint density at radius 2 is 1.70 bits per heavy atom. The van der Waals surface area contributed by atoms with Gasteiger partial charge in [-0.25, -0.2) is 9.37 Å². The van der Waals surface area contributed by atoms with Crippen LogP contribution in [-0.4, -0.2) is 45.8 Å². The second-order valence-corrected chi connectivity index (χ2v) is 7.86. The van der Waals surface area contributed by atoms with Crippen LogP contribution in [0.25, 0.3) is 0 Å². The smallest absolute Gasteiger partial charge is 0.225 e. The first-order valence-electron chi connectivity index (χ1n) is 10.4. The van der Waals surface area contributed by atoms with E-state index in [2.05, 4.69) is 15.2 Å². The molecule has 9 heteroatoms. The predicted molar refractivity (Wildman–Crippen MR) is 129 cm³/mol. The Balaban J connectivity index is 0.00000193. The van der Waals surface area contributed by atoms with E-state index in [9.17, 15) is 14.0 Å². The lowest BCUT2D eigenvalue weighted by molar-refractivity contribution is -0.125. The first kappa shape index (κ1) is 26.5. The highest BCUT2D eigenvalue weighted by molar-refractivity contribution is 6.01. The summed E-state index contributed by atoms with van der Waals surface area (Å²) in [6, 6.07) is 15.5. The van der Waals surface area contributed by atoms with Gasteiger partial charge in [-0.1, -0.05) is 30.3 Å². The van der Waals surface area contributed by atoms with Crippen LogP contribution in [0.4, 0.5) is 4.39 Å². The van der Waals surface area contributed by atoms with Crippen LogP contribution in [0.3, 0.4) is 0 Å². The van der Waals surface area contributed by atoms with Gasteiger partial charge >= 0.3 is 0 Å². The number of likely N-dealkylation sites (tertiary alicyclic amines) is 1. The number of nitrogens with one attached hydrogen (secondary N) is 1. The monoisotopic (exact) mass is 492 g/mol. The maximum atomic E-state index is 13.3. The molecule has 1 aliphatic rings. The van der Waals surface area contributed by atoms with E-state index in [1.807, 2.05) is 41.1 Å². The maximum absolute atomic E-state index is 13.3. The molecule has 3 aromatic rings. The summed E-state index contributed by atoms with van der Waals surface area (Å²) in [6.45, 7) is 2.74. The highest BCUT2D eigenvalue weighted by atomic mass is 35.5. The normalized spacial score (nSPS) is 17.6. The fraction of sp³-hybridized carbons (Fsp3) is 0.292. The summed E-state index contributed by atoms with van der Waals surface area (Å²) in [5, 5.41) is 2.97. The quantitative estimate of drug-likeness (QED) is 0.487. The maximum Gasteiger partial charge on any atom is 0.225 e. The molecule has 1 fully saturated rings. The van der Waals surface area contributed by atoms with E-state index in [1.165, 1.54) is 24.3 Å². The Hall–Kier alpha value is -2.74. The topological polar surface area (TPSA) is 67.2 Å². The molecule has 0 saturated carbocycles. The molecule has 1 aliphatic heterocycles. The second-order valence-electron chi connectivity index (χ2n) is 7.86. The van der Waals surface area contributed by atoms with Crippen molar-refractivity contribution >= 4 is 36.5 Å². The summed E-state index contributed by atoms with van der Waals surface area (Å²) in [5.41, 5.74) is 1.57. The van der Waals surface area contributed by atoms with Crippen molar-refractivity contribution in [3.05, 3.63) is 90.3 Å². The molecule has 2 aromatic carbocycles. The minimum absolute atomic E-state index is 0. The molecule has 1 saturated heterocycles. The van der Waals surface area contributed by atoms with Gasteiger partial charge in [0.2, 0.25) is 5.91 Å². The standard InChI is InChI=1S/C24H25FN4O2.2ClH/c25-20-8-6-19(7-9-20)23(30)21-15-29(14-18-4-2-1-3-5-18)16-22(21)24(31)27-11-13-28-12-10-26-17-28;;/h1-10,12,17,21-22H,11,13-16H2,(H,27,31);2*1H/t21-,22-;;/m1../s1. The molecule has 1 amide bonds. The first-order chi connectivity index (χ1) is 15.1. The van der Waals surface area contributed by atoms with E-state index in [4.69, 9.17) is 0 Å².